The Morgan fingerprint density at radius 1 is 1.39 bits per heavy atom. The molecule has 0 aliphatic carbocycles. The number of Topliss-reactive ketones (excluding diaryl/α,β-unsaturated/α-hetero) is 1. The first-order valence-corrected chi connectivity index (χ1v) is 7.73. The molecule has 23 heavy (non-hydrogen) atoms. The van der Waals surface area contributed by atoms with Crippen molar-refractivity contribution in [1.82, 2.24) is 4.98 Å². The van der Waals surface area contributed by atoms with Crippen molar-refractivity contribution in [2.45, 2.75) is 40.0 Å². The number of nitro groups is 1. The van der Waals surface area contributed by atoms with Crippen molar-refractivity contribution < 1.29 is 14.5 Å². The molecule has 122 valence electrons. The molecule has 0 spiro atoms. The summed E-state index contributed by atoms with van der Waals surface area (Å²) in [7, 11) is 0. The van der Waals surface area contributed by atoms with E-state index in [1.54, 1.807) is 6.20 Å². The van der Waals surface area contributed by atoms with Gasteiger partial charge in [-0.2, -0.15) is 0 Å². The number of aryl methyl sites for hydroxylation is 1. The Labute approximate surface area is 134 Å². The van der Waals surface area contributed by atoms with Crippen LogP contribution in [0.1, 0.15) is 49.5 Å². The van der Waals surface area contributed by atoms with Gasteiger partial charge in [-0.25, -0.2) is 4.98 Å². The van der Waals surface area contributed by atoms with Crippen LogP contribution in [-0.2, 0) is 6.42 Å². The lowest BCUT2D eigenvalue weighted by molar-refractivity contribution is -0.383. The van der Waals surface area contributed by atoms with Crippen LogP contribution in [0.2, 0.25) is 0 Å². The monoisotopic (exact) mass is 316 g/mol. The van der Waals surface area contributed by atoms with Crippen LogP contribution in [0.25, 0.3) is 10.9 Å². The van der Waals surface area contributed by atoms with Gasteiger partial charge in [-0.3, -0.25) is 14.9 Å². The predicted molar refractivity (Wildman–Crippen MR) is 88.2 cm³/mol. The molecule has 0 atom stereocenters. The van der Waals surface area contributed by atoms with Gasteiger partial charge in [-0.15, -0.1) is 0 Å². The van der Waals surface area contributed by atoms with Crippen molar-refractivity contribution in [1.29, 1.82) is 0 Å². The van der Waals surface area contributed by atoms with Gasteiger partial charge in [0, 0.05) is 12.3 Å². The number of ketones is 1. The third-order valence-electron chi connectivity index (χ3n) is 3.73. The standard InChI is InChI=1S/C17H20N2O4/c1-4-6-9-23-17-13(11(3)20)10-14(19(21)22)16-15(17)12(5-2)7-8-18-16/h7-8,10H,4-6,9H2,1-3H3. The van der Waals surface area contributed by atoms with E-state index in [-0.39, 0.29) is 22.6 Å². The van der Waals surface area contributed by atoms with Crippen LogP contribution in [-0.4, -0.2) is 22.3 Å². The molecule has 0 amide bonds. The number of non-ortho nitro benzene ring substituents is 1. The van der Waals surface area contributed by atoms with E-state index in [4.69, 9.17) is 4.74 Å². The minimum absolute atomic E-state index is 0.164. The van der Waals surface area contributed by atoms with Crippen molar-refractivity contribution in [2.75, 3.05) is 6.61 Å². The summed E-state index contributed by atoms with van der Waals surface area (Å²) in [6.07, 6.45) is 4.02. The van der Waals surface area contributed by atoms with Crippen LogP contribution in [0.3, 0.4) is 0 Å². The number of nitrogens with zero attached hydrogens (tertiary/aromatic N) is 2. The molecule has 2 aromatic rings. The van der Waals surface area contributed by atoms with E-state index in [2.05, 4.69) is 4.98 Å². The zero-order chi connectivity index (χ0) is 17.0. The van der Waals surface area contributed by atoms with Gasteiger partial charge < -0.3 is 4.74 Å². The first-order valence-electron chi connectivity index (χ1n) is 7.73. The predicted octanol–water partition coefficient (Wildman–Crippen LogP) is 4.09. The van der Waals surface area contributed by atoms with Crippen LogP contribution < -0.4 is 4.74 Å². The van der Waals surface area contributed by atoms with Crippen molar-refractivity contribution >= 4 is 22.4 Å². The van der Waals surface area contributed by atoms with Crippen molar-refractivity contribution in [3.63, 3.8) is 0 Å². The summed E-state index contributed by atoms with van der Waals surface area (Å²) in [6.45, 7) is 5.85. The molecule has 1 aromatic carbocycles. The minimum Gasteiger partial charge on any atom is -0.492 e. The molecule has 1 aromatic heterocycles. The first kappa shape index (κ1) is 16.9. The van der Waals surface area contributed by atoms with Gasteiger partial charge in [0.2, 0.25) is 0 Å². The summed E-state index contributed by atoms with van der Waals surface area (Å²) < 4.78 is 5.85. The lowest BCUT2D eigenvalue weighted by atomic mass is 9.99. The smallest absolute Gasteiger partial charge is 0.296 e. The summed E-state index contributed by atoms with van der Waals surface area (Å²) in [5, 5.41) is 11.9. The molecule has 0 aliphatic rings. The molecular formula is C17H20N2O4. The van der Waals surface area contributed by atoms with E-state index in [0.29, 0.717) is 24.2 Å². The SMILES string of the molecule is CCCCOc1c(C(C)=O)cc([N+](=O)[O-])c2nccc(CC)c12. The second-order valence-corrected chi connectivity index (χ2v) is 5.33. The Balaban J connectivity index is 2.82. The quantitative estimate of drug-likeness (QED) is 0.332. The number of nitro benzene ring substituents is 1. The third-order valence-corrected chi connectivity index (χ3v) is 3.73. The van der Waals surface area contributed by atoms with Crippen molar-refractivity contribution in [3.05, 3.63) is 39.6 Å². The highest BCUT2D eigenvalue weighted by molar-refractivity contribution is 6.07. The highest BCUT2D eigenvalue weighted by Crippen LogP contribution is 2.38. The van der Waals surface area contributed by atoms with Crippen LogP contribution in [0, 0.1) is 10.1 Å². The van der Waals surface area contributed by atoms with Crippen LogP contribution in [0.4, 0.5) is 5.69 Å². The van der Waals surface area contributed by atoms with Gasteiger partial charge in [-0.1, -0.05) is 20.3 Å². The van der Waals surface area contributed by atoms with E-state index in [0.717, 1.165) is 18.4 Å². The molecule has 0 N–H and O–H groups in total. The maximum absolute atomic E-state index is 12.0. The summed E-state index contributed by atoms with van der Waals surface area (Å²) in [5.74, 6) is 0.156. The van der Waals surface area contributed by atoms with Crippen LogP contribution in [0.15, 0.2) is 18.3 Å². The van der Waals surface area contributed by atoms with Gasteiger partial charge >= 0.3 is 0 Å². The minimum atomic E-state index is -0.503. The molecule has 6 nitrogen and oxygen atoms in total. The molecule has 0 saturated carbocycles. The number of hydrogen-bond acceptors (Lipinski definition) is 5. The fourth-order valence-electron chi connectivity index (χ4n) is 2.52. The van der Waals surface area contributed by atoms with Gasteiger partial charge in [0.1, 0.15) is 5.75 Å². The van der Waals surface area contributed by atoms with Crippen molar-refractivity contribution in [3.8, 4) is 5.75 Å². The first-order chi connectivity index (χ1) is 11.0. The van der Waals surface area contributed by atoms with E-state index in [9.17, 15) is 14.9 Å². The Morgan fingerprint density at radius 3 is 2.70 bits per heavy atom. The largest absolute Gasteiger partial charge is 0.492 e. The molecule has 1 heterocycles. The van der Waals surface area contributed by atoms with E-state index in [1.165, 1.54) is 13.0 Å². The number of pyridine rings is 1. The maximum Gasteiger partial charge on any atom is 0.296 e. The molecule has 6 heteroatoms. The third kappa shape index (κ3) is 3.31. The number of rotatable bonds is 7. The number of fused-ring (bicyclic) bond motifs is 1. The zero-order valence-electron chi connectivity index (χ0n) is 13.6. The fourth-order valence-corrected chi connectivity index (χ4v) is 2.52. The van der Waals surface area contributed by atoms with E-state index < -0.39 is 4.92 Å². The molecule has 0 fully saturated rings. The van der Waals surface area contributed by atoms with Gasteiger partial charge in [0.25, 0.3) is 5.69 Å². The van der Waals surface area contributed by atoms with E-state index in [1.807, 2.05) is 19.9 Å². The average molecular weight is 316 g/mol. The van der Waals surface area contributed by atoms with Crippen LogP contribution >= 0.6 is 0 Å². The fraction of sp³-hybridized carbons (Fsp3) is 0.412. The number of carbonyl (C=O) groups excluding carboxylic acids is 1. The molecule has 0 radical (unpaired) electrons. The molecule has 0 bridgehead atoms. The Morgan fingerprint density at radius 2 is 2.13 bits per heavy atom. The maximum atomic E-state index is 12.0. The number of aromatic nitrogens is 1. The lowest BCUT2D eigenvalue weighted by Crippen LogP contribution is -2.07. The summed E-state index contributed by atoms with van der Waals surface area (Å²) in [6, 6.07) is 3.08. The average Bonchev–Trinajstić information content (AvgIpc) is 2.53. The highest BCUT2D eigenvalue weighted by atomic mass is 16.6. The number of hydrogen-bond donors (Lipinski definition) is 0. The normalized spacial score (nSPS) is 10.7. The number of unbranched alkanes of at least 4 members (excludes halogenated alkanes) is 1. The molecular weight excluding hydrogens is 296 g/mol. The van der Waals surface area contributed by atoms with Crippen molar-refractivity contribution in [2.24, 2.45) is 0 Å². The Hall–Kier alpha value is -2.50. The summed E-state index contributed by atoms with van der Waals surface area (Å²) in [5.41, 5.74) is 1.23. The summed E-state index contributed by atoms with van der Waals surface area (Å²) in [4.78, 5) is 27.0. The number of ether oxygens (including phenoxy) is 1. The highest BCUT2D eigenvalue weighted by Gasteiger charge is 2.24. The van der Waals surface area contributed by atoms with E-state index >= 15 is 0 Å². The van der Waals surface area contributed by atoms with Gasteiger partial charge in [0.05, 0.1) is 22.5 Å². The molecule has 0 unspecified atom stereocenters. The second-order valence-electron chi connectivity index (χ2n) is 5.33. The number of carbonyl (C=O) groups is 1. The van der Waals surface area contributed by atoms with Crippen LogP contribution in [0.5, 0.6) is 5.75 Å². The second kappa shape index (κ2) is 7.17. The molecule has 2 rings (SSSR count). The number of benzene rings is 1. The topological polar surface area (TPSA) is 82.3 Å². The van der Waals surface area contributed by atoms with Gasteiger partial charge in [-0.05, 0) is 31.4 Å². The Bertz CT molecular complexity index is 756. The lowest BCUT2D eigenvalue weighted by Gasteiger charge is -2.15. The summed E-state index contributed by atoms with van der Waals surface area (Å²) >= 11 is 0. The molecule has 0 aliphatic heterocycles. The van der Waals surface area contributed by atoms with Gasteiger partial charge in [0.15, 0.2) is 11.3 Å². The molecule has 0 saturated heterocycles. The zero-order valence-corrected chi connectivity index (χ0v) is 13.6. The Kier molecular flexibility index (Phi) is 5.26.